The van der Waals surface area contributed by atoms with Crippen LogP contribution >= 0.6 is 27.5 Å². The molecule has 0 aliphatic rings. The summed E-state index contributed by atoms with van der Waals surface area (Å²) < 4.78 is 37.2. The van der Waals surface area contributed by atoms with Crippen LogP contribution in [-0.4, -0.2) is 11.7 Å². The van der Waals surface area contributed by atoms with E-state index in [4.69, 9.17) is 17.3 Å². The topological polar surface area (TPSA) is 38.4 Å². The van der Waals surface area contributed by atoms with Crippen molar-refractivity contribution >= 4 is 39.1 Å². The number of benzene rings is 1. The molecule has 1 aromatic rings. The van der Waals surface area contributed by atoms with Gasteiger partial charge in [-0.25, -0.2) is 4.99 Å². The van der Waals surface area contributed by atoms with Crippen molar-refractivity contribution in [3.8, 4) is 0 Å². The average molecular weight is 316 g/mol. The normalized spacial score (nSPS) is 12.9. The maximum atomic E-state index is 12.3. The zero-order valence-corrected chi connectivity index (χ0v) is 10.2. The summed E-state index contributed by atoms with van der Waals surface area (Å²) in [5.74, 6) is 0.162. The summed E-state index contributed by atoms with van der Waals surface area (Å²) in [6, 6.07) is 3.11. The second-order valence-electron chi connectivity index (χ2n) is 2.90. The molecule has 0 fully saturated rings. The first-order valence-electron chi connectivity index (χ1n) is 4.10. The Labute approximate surface area is 103 Å². The molecule has 0 spiro atoms. The number of aliphatic imine (C=N–C) groups is 1. The Morgan fingerprint density at radius 1 is 1.44 bits per heavy atom. The minimum absolute atomic E-state index is 0.0213. The van der Waals surface area contributed by atoms with Crippen molar-refractivity contribution in [3.63, 3.8) is 0 Å². The molecule has 0 aliphatic heterocycles. The fraction of sp³-hybridized carbons (Fsp3) is 0.222. The van der Waals surface area contributed by atoms with Crippen LogP contribution in [0.15, 0.2) is 27.7 Å². The van der Waals surface area contributed by atoms with E-state index in [1.54, 1.807) is 0 Å². The molecule has 2 N–H and O–H groups in total. The quantitative estimate of drug-likeness (QED) is 0.504. The van der Waals surface area contributed by atoms with Crippen LogP contribution in [0.25, 0.3) is 0 Å². The number of nitrogens with zero attached hydrogens (tertiary/aromatic N) is 1. The number of amidine groups is 1. The van der Waals surface area contributed by atoms with Gasteiger partial charge < -0.3 is 5.73 Å². The summed E-state index contributed by atoms with van der Waals surface area (Å²) in [4.78, 5) is 3.85. The smallest absolute Gasteiger partial charge is 0.386 e. The highest BCUT2D eigenvalue weighted by molar-refractivity contribution is 9.10. The zero-order chi connectivity index (χ0) is 12.3. The Balaban J connectivity index is 3.10. The van der Waals surface area contributed by atoms with Crippen molar-refractivity contribution in [2.24, 2.45) is 10.7 Å². The van der Waals surface area contributed by atoms with Gasteiger partial charge >= 0.3 is 6.18 Å². The standard InChI is InChI=1S/C9H7BrClF3N2/c10-6-3-5(9(12,13)14)1-2-7(6)16-8(15)4-11/h1-3H,4H2,(H2,15,16). The van der Waals surface area contributed by atoms with E-state index in [0.717, 1.165) is 12.1 Å². The van der Waals surface area contributed by atoms with Gasteiger partial charge in [0, 0.05) is 4.47 Å². The maximum absolute atomic E-state index is 12.3. The molecular formula is C9H7BrClF3N2. The van der Waals surface area contributed by atoms with E-state index in [0.29, 0.717) is 5.69 Å². The lowest BCUT2D eigenvalue weighted by Gasteiger charge is -2.08. The molecule has 0 saturated heterocycles. The van der Waals surface area contributed by atoms with Crippen LogP contribution in [-0.2, 0) is 6.18 Å². The van der Waals surface area contributed by atoms with E-state index in [-0.39, 0.29) is 16.2 Å². The van der Waals surface area contributed by atoms with E-state index in [1.807, 2.05) is 0 Å². The lowest BCUT2D eigenvalue weighted by molar-refractivity contribution is -0.137. The predicted octanol–water partition coefficient (Wildman–Crippen LogP) is 3.70. The Hall–Kier alpha value is -0.750. The molecule has 0 unspecified atom stereocenters. The zero-order valence-electron chi connectivity index (χ0n) is 7.85. The van der Waals surface area contributed by atoms with Crippen LogP contribution in [0.5, 0.6) is 0 Å². The highest BCUT2D eigenvalue weighted by Crippen LogP contribution is 2.34. The molecule has 16 heavy (non-hydrogen) atoms. The molecule has 0 bridgehead atoms. The summed E-state index contributed by atoms with van der Waals surface area (Å²) in [5, 5.41) is 0. The molecule has 0 aliphatic carbocycles. The van der Waals surface area contributed by atoms with Gasteiger partial charge in [-0.3, -0.25) is 0 Å². The number of alkyl halides is 4. The van der Waals surface area contributed by atoms with Crippen molar-refractivity contribution < 1.29 is 13.2 Å². The first-order valence-corrected chi connectivity index (χ1v) is 5.43. The van der Waals surface area contributed by atoms with Gasteiger partial charge in [0.2, 0.25) is 0 Å². The van der Waals surface area contributed by atoms with Gasteiger partial charge in [-0.05, 0) is 34.1 Å². The molecule has 1 rings (SSSR count). The third-order valence-corrected chi connectivity index (χ3v) is 2.58. The van der Waals surface area contributed by atoms with Crippen molar-refractivity contribution in [1.29, 1.82) is 0 Å². The van der Waals surface area contributed by atoms with Gasteiger partial charge in [0.25, 0.3) is 0 Å². The Bertz CT molecular complexity index is 418. The van der Waals surface area contributed by atoms with Crippen molar-refractivity contribution in [3.05, 3.63) is 28.2 Å². The first-order chi connectivity index (χ1) is 7.34. The van der Waals surface area contributed by atoms with Crippen molar-refractivity contribution in [2.75, 3.05) is 5.88 Å². The number of nitrogens with two attached hydrogens (primary N) is 1. The van der Waals surface area contributed by atoms with Crippen molar-refractivity contribution in [2.45, 2.75) is 6.18 Å². The SMILES string of the molecule is NC(CCl)=Nc1ccc(C(F)(F)F)cc1Br. The number of halogens is 5. The fourth-order valence-electron chi connectivity index (χ4n) is 0.958. The fourth-order valence-corrected chi connectivity index (χ4v) is 1.49. The second-order valence-corrected chi connectivity index (χ2v) is 4.02. The molecule has 0 aromatic heterocycles. The molecular weight excluding hydrogens is 308 g/mol. The third kappa shape index (κ3) is 3.38. The average Bonchev–Trinajstić information content (AvgIpc) is 2.19. The molecule has 0 amide bonds. The van der Waals surface area contributed by atoms with Crippen LogP contribution in [0.2, 0.25) is 0 Å². The monoisotopic (exact) mass is 314 g/mol. The molecule has 88 valence electrons. The van der Waals surface area contributed by atoms with E-state index < -0.39 is 11.7 Å². The largest absolute Gasteiger partial charge is 0.416 e. The third-order valence-electron chi connectivity index (χ3n) is 1.68. The summed E-state index contributed by atoms with van der Waals surface area (Å²) in [6.07, 6.45) is -4.37. The Morgan fingerprint density at radius 3 is 2.50 bits per heavy atom. The van der Waals surface area contributed by atoms with Crippen LogP contribution in [0.1, 0.15) is 5.56 Å². The number of hydrogen-bond donors (Lipinski definition) is 1. The van der Waals surface area contributed by atoms with Crippen LogP contribution in [0.4, 0.5) is 18.9 Å². The minimum Gasteiger partial charge on any atom is -0.386 e. The second kappa shape index (κ2) is 5.05. The van der Waals surface area contributed by atoms with E-state index in [1.165, 1.54) is 6.07 Å². The molecule has 0 atom stereocenters. The molecule has 0 heterocycles. The van der Waals surface area contributed by atoms with Crippen LogP contribution in [0.3, 0.4) is 0 Å². The summed E-state index contributed by atoms with van der Waals surface area (Å²) in [5.41, 5.74) is 4.94. The van der Waals surface area contributed by atoms with E-state index in [9.17, 15) is 13.2 Å². The molecule has 0 saturated carbocycles. The van der Waals surface area contributed by atoms with Crippen LogP contribution in [0, 0.1) is 0 Å². The van der Waals surface area contributed by atoms with Gasteiger partial charge in [0.1, 0.15) is 5.84 Å². The molecule has 0 radical (unpaired) electrons. The highest BCUT2D eigenvalue weighted by Gasteiger charge is 2.30. The van der Waals surface area contributed by atoms with E-state index in [2.05, 4.69) is 20.9 Å². The number of rotatable bonds is 2. The maximum Gasteiger partial charge on any atom is 0.416 e. The van der Waals surface area contributed by atoms with Crippen LogP contribution < -0.4 is 5.73 Å². The molecule has 7 heteroatoms. The number of hydrogen-bond acceptors (Lipinski definition) is 1. The Kier molecular flexibility index (Phi) is 4.21. The Morgan fingerprint density at radius 2 is 2.06 bits per heavy atom. The summed E-state index contributed by atoms with van der Waals surface area (Å²) in [7, 11) is 0. The lowest BCUT2D eigenvalue weighted by atomic mass is 10.2. The molecule has 1 aromatic carbocycles. The van der Waals surface area contributed by atoms with Gasteiger partial charge in [-0.1, -0.05) is 0 Å². The first kappa shape index (κ1) is 13.3. The summed E-state index contributed by atoms with van der Waals surface area (Å²) >= 11 is 8.40. The van der Waals surface area contributed by atoms with Gasteiger partial charge in [-0.15, -0.1) is 11.6 Å². The minimum atomic E-state index is -4.37. The highest BCUT2D eigenvalue weighted by atomic mass is 79.9. The van der Waals surface area contributed by atoms with Gasteiger partial charge in [0.05, 0.1) is 17.1 Å². The van der Waals surface area contributed by atoms with Crippen molar-refractivity contribution in [1.82, 2.24) is 0 Å². The summed E-state index contributed by atoms with van der Waals surface area (Å²) in [6.45, 7) is 0. The molecule has 2 nitrogen and oxygen atoms in total. The predicted molar refractivity (Wildman–Crippen MR) is 61.1 cm³/mol. The van der Waals surface area contributed by atoms with Gasteiger partial charge in [-0.2, -0.15) is 13.2 Å². The van der Waals surface area contributed by atoms with Gasteiger partial charge in [0.15, 0.2) is 0 Å². The van der Waals surface area contributed by atoms with E-state index >= 15 is 0 Å². The lowest BCUT2D eigenvalue weighted by Crippen LogP contribution is -2.12.